The quantitative estimate of drug-likeness (QED) is 0.122. The monoisotopic (exact) mass is 511 g/mol. The van der Waals surface area contributed by atoms with Gasteiger partial charge in [-0.25, -0.2) is 0 Å². The van der Waals surface area contributed by atoms with E-state index in [0.717, 1.165) is 30.6 Å². The number of aromatic nitrogens is 3. The summed E-state index contributed by atoms with van der Waals surface area (Å²) in [6, 6.07) is 13.6. The summed E-state index contributed by atoms with van der Waals surface area (Å²) in [6.07, 6.45) is 5.86. The normalized spacial score (nSPS) is 11.8. The van der Waals surface area contributed by atoms with Gasteiger partial charge in [0.1, 0.15) is 5.75 Å². The zero-order chi connectivity index (χ0) is 25.9. The summed E-state index contributed by atoms with van der Waals surface area (Å²) in [6.45, 7) is 4.04. The third-order valence-corrected chi connectivity index (χ3v) is 6.75. The van der Waals surface area contributed by atoms with Crippen LogP contribution >= 0.6 is 11.8 Å². The highest BCUT2D eigenvalue weighted by Crippen LogP contribution is 2.29. The van der Waals surface area contributed by atoms with Crippen LogP contribution in [-0.4, -0.2) is 32.7 Å². The fraction of sp³-hybridized carbons (Fsp3) is 0.423. The Morgan fingerprint density at radius 1 is 1.14 bits per heavy atom. The molecule has 0 saturated heterocycles. The van der Waals surface area contributed by atoms with E-state index in [4.69, 9.17) is 4.74 Å². The zero-order valence-electron chi connectivity index (χ0n) is 21.0. The first-order valence-corrected chi connectivity index (χ1v) is 13.2. The van der Waals surface area contributed by atoms with Gasteiger partial charge in [-0.2, -0.15) is 0 Å². The summed E-state index contributed by atoms with van der Waals surface area (Å²) in [5, 5.41) is 23.6. The molecule has 0 saturated carbocycles. The molecule has 0 radical (unpaired) electrons. The van der Waals surface area contributed by atoms with E-state index >= 15 is 0 Å². The first kappa shape index (κ1) is 27.2. The molecule has 1 amide bonds. The number of nitrogens with one attached hydrogen (secondary N) is 1. The van der Waals surface area contributed by atoms with Crippen LogP contribution in [0.25, 0.3) is 5.69 Å². The topological polar surface area (TPSA) is 112 Å². The van der Waals surface area contributed by atoms with Crippen molar-refractivity contribution in [2.45, 2.75) is 69.3 Å². The molecule has 1 atom stereocenters. The van der Waals surface area contributed by atoms with E-state index in [1.165, 1.54) is 36.7 Å². The molecule has 9 nitrogen and oxygen atoms in total. The number of methoxy groups -OCH3 is 1. The maximum Gasteiger partial charge on any atom is 0.269 e. The highest BCUT2D eigenvalue weighted by molar-refractivity contribution is 7.98. The predicted octanol–water partition coefficient (Wildman–Crippen LogP) is 6.01. The van der Waals surface area contributed by atoms with Gasteiger partial charge in [-0.3, -0.25) is 19.5 Å². The Morgan fingerprint density at radius 3 is 2.58 bits per heavy atom. The van der Waals surface area contributed by atoms with Crippen molar-refractivity contribution in [1.82, 2.24) is 20.1 Å². The molecule has 0 spiro atoms. The second kappa shape index (κ2) is 13.6. The van der Waals surface area contributed by atoms with Crippen LogP contribution in [-0.2, 0) is 10.5 Å². The van der Waals surface area contributed by atoms with Gasteiger partial charge < -0.3 is 10.1 Å². The molecule has 36 heavy (non-hydrogen) atoms. The number of unbranched alkanes of at least 4 members (excludes halogenated alkanes) is 4. The minimum absolute atomic E-state index is 0.00313. The minimum atomic E-state index is -0.432. The van der Waals surface area contributed by atoms with Crippen molar-refractivity contribution < 1.29 is 14.5 Å². The van der Waals surface area contributed by atoms with Crippen LogP contribution < -0.4 is 10.1 Å². The summed E-state index contributed by atoms with van der Waals surface area (Å²) in [7, 11) is 1.63. The summed E-state index contributed by atoms with van der Waals surface area (Å²) >= 11 is 1.49. The highest BCUT2D eigenvalue weighted by atomic mass is 32.2. The second-order valence-corrected chi connectivity index (χ2v) is 9.49. The lowest BCUT2D eigenvalue weighted by Crippen LogP contribution is -2.28. The number of hydrogen-bond acceptors (Lipinski definition) is 7. The van der Waals surface area contributed by atoms with Crippen LogP contribution in [0.1, 0.15) is 69.8 Å². The Bertz CT molecular complexity index is 1150. The summed E-state index contributed by atoms with van der Waals surface area (Å²) in [5.41, 5.74) is 1.75. The van der Waals surface area contributed by atoms with Gasteiger partial charge in [-0.1, -0.05) is 56.5 Å². The van der Waals surface area contributed by atoms with Crippen molar-refractivity contribution in [3.8, 4) is 11.4 Å². The molecule has 3 aromatic rings. The summed E-state index contributed by atoms with van der Waals surface area (Å²) in [4.78, 5) is 23.2. The third kappa shape index (κ3) is 7.55. The number of non-ortho nitro benzene ring substituents is 1. The van der Waals surface area contributed by atoms with Crippen molar-refractivity contribution >= 4 is 23.4 Å². The molecule has 1 N–H and O–H groups in total. The van der Waals surface area contributed by atoms with E-state index in [1.54, 1.807) is 19.2 Å². The number of ether oxygens (including phenoxy) is 1. The molecule has 10 heteroatoms. The largest absolute Gasteiger partial charge is 0.497 e. The van der Waals surface area contributed by atoms with Crippen LogP contribution in [0.4, 0.5) is 5.69 Å². The Labute approximate surface area is 215 Å². The number of hydrogen-bond donors (Lipinski definition) is 1. The van der Waals surface area contributed by atoms with Crippen LogP contribution in [0.2, 0.25) is 0 Å². The van der Waals surface area contributed by atoms with Crippen molar-refractivity contribution in [3.05, 3.63) is 70.0 Å². The van der Waals surface area contributed by atoms with E-state index in [0.29, 0.717) is 28.8 Å². The molecular formula is C26H33N5O4S. The number of thioether (sulfide) groups is 1. The van der Waals surface area contributed by atoms with Gasteiger partial charge in [-0.15, -0.1) is 10.2 Å². The number of carbonyl (C=O) groups is 1. The van der Waals surface area contributed by atoms with Crippen LogP contribution in [0.3, 0.4) is 0 Å². The number of carbonyl (C=O) groups excluding carboxylic acids is 1. The molecule has 1 aromatic heterocycles. The predicted molar refractivity (Wildman–Crippen MR) is 141 cm³/mol. The molecule has 1 unspecified atom stereocenters. The molecule has 0 fully saturated rings. The fourth-order valence-corrected chi connectivity index (χ4v) is 4.70. The van der Waals surface area contributed by atoms with Gasteiger partial charge in [0.2, 0.25) is 5.91 Å². The first-order valence-electron chi connectivity index (χ1n) is 12.2. The maximum atomic E-state index is 12.5. The Kier molecular flexibility index (Phi) is 10.3. The zero-order valence-corrected chi connectivity index (χ0v) is 21.8. The standard InChI is InChI=1S/C26H33N5O4S/c1-4-5-6-7-8-12-24(32)27-19(2)25-28-29-26(36-18-20-10-9-11-23(17-20)35-3)30(25)21-13-15-22(16-14-21)31(33)34/h9-11,13-17,19H,4-8,12,18H2,1-3H3,(H,27,32). The average Bonchev–Trinajstić information content (AvgIpc) is 3.31. The van der Waals surface area contributed by atoms with E-state index in [1.807, 2.05) is 35.8 Å². The van der Waals surface area contributed by atoms with Crippen LogP contribution in [0, 0.1) is 10.1 Å². The SMILES string of the molecule is CCCCCCCC(=O)NC(C)c1nnc(SCc2cccc(OC)c2)n1-c1ccc([N+](=O)[O-])cc1. The van der Waals surface area contributed by atoms with Gasteiger partial charge in [0.15, 0.2) is 11.0 Å². The molecule has 2 aromatic carbocycles. The molecular weight excluding hydrogens is 478 g/mol. The molecule has 0 aliphatic rings. The minimum Gasteiger partial charge on any atom is -0.497 e. The number of nitro benzene ring substituents is 1. The number of nitrogens with zero attached hydrogens (tertiary/aromatic N) is 4. The molecule has 1 heterocycles. The number of rotatable bonds is 14. The van der Waals surface area contributed by atoms with Gasteiger partial charge in [0, 0.05) is 30.0 Å². The Balaban J connectivity index is 1.79. The Morgan fingerprint density at radius 2 is 1.89 bits per heavy atom. The van der Waals surface area contributed by atoms with E-state index in [2.05, 4.69) is 22.4 Å². The van der Waals surface area contributed by atoms with Crippen LogP contribution in [0.15, 0.2) is 53.7 Å². The summed E-state index contributed by atoms with van der Waals surface area (Å²) in [5.74, 6) is 1.94. The smallest absolute Gasteiger partial charge is 0.269 e. The number of nitro groups is 1. The van der Waals surface area contributed by atoms with Gasteiger partial charge in [0.25, 0.3) is 5.69 Å². The van der Waals surface area contributed by atoms with Gasteiger partial charge >= 0.3 is 0 Å². The van der Waals surface area contributed by atoms with Crippen molar-refractivity contribution in [1.29, 1.82) is 0 Å². The lowest BCUT2D eigenvalue weighted by atomic mass is 10.1. The lowest BCUT2D eigenvalue weighted by molar-refractivity contribution is -0.384. The molecule has 0 aliphatic carbocycles. The van der Waals surface area contributed by atoms with E-state index in [-0.39, 0.29) is 17.6 Å². The molecule has 3 rings (SSSR count). The van der Waals surface area contributed by atoms with Crippen molar-refractivity contribution in [2.75, 3.05) is 7.11 Å². The van der Waals surface area contributed by atoms with Crippen LogP contribution in [0.5, 0.6) is 5.75 Å². The maximum absolute atomic E-state index is 12.5. The average molecular weight is 512 g/mol. The van der Waals surface area contributed by atoms with Gasteiger partial charge in [-0.05, 0) is 43.2 Å². The highest BCUT2D eigenvalue weighted by Gasteiger charge is 2.21. The number of amides is 1. The fourth-order valence-electron chi connectivity index (χ4n) is 3.80. The number of benzene rings is 2. The van der Waals surface area contributed by atoms with E-state index < -0.39 is 4.92 Å². The first-order chi connectivity index (χ1) is 17.4. The van der Waals surface area contributed by atoms with Gasteiger partial charge in [0.05, 0.1) is 18.1 Å². The molecule has 0 aliphatic heterocycles. The van der Waals surface area contributed by atoms with Crippen molar-refractivity contribution in [2.24, 2.45) is 0 Å². The molecule has 192 valence electrons. The summed E-state index contributed by atoms with van der Waals surface area (Å²) < 4.78 is 7.16. The van der Waals surface area contributed by atoms with E-state index in [9.17, 15) is 14.9 Å². The lowest BCUT2D eigenvalue weighted by Gasteiger charge is -2.16. The van der Waals surface area contributed by atoms with Crippen molar-refractivity contribution in [3.63, 3.8) is 0 Å². The second-order valence-electron chi connectivity index (χ2n) is 8.54. The third-order valence-electron chi connectivity index (χ3n) is 5.75. The Hall–Kier alpha value is -3.40. The molecule has 0 bridgehead atoms.